The van der Waals surface area contributed by atoms with Crippen molar-refractivity contribution in [2.75, 3.05) is 12.1 Å². The smallest absolute Gasteiger partial charge is 0.175 e. The maximum Gasteiger partial charge on any atom is 0.175 e. The van der Waals surface area contributed by atoms with Gasteiger partial charge in [0.05, 0.1) is 4.90 Å². The Kier molecular flexibility index (Phi) is 3.53. The molecule has 0 heterocycles. The number of halogens is 1. The van der Waals surface area contributed by atoms with E-state index in [1.165, 1.54) is 18.4 Å². The predicted octanol–water partition coefficient (Wildman–Crippen LogP) is 1.33. The Morgan fingerprint density at radius 3 is 2.21 bits per heavy atom. The first kappa shape index (κ1) is 11.5. The van der Waals surface area contributed by atoms with E-state index in [0.717, 1.165) is 5.56 Å². The van der Waals surface area contributed by atoms with E-state index in [-0.39, 0.29) is 6.04 Å². The maximum absolute atomic E-state index is 11.1. The molecule has 0 fully saturated rings. The molecule has 0 saturated heterocycles. The molecule has 0 aromatic heterocycles. The Bertz CT molecular complexity index is 399. The molecular weight excluding hydrogens is 222 g/mol. The van der Waals surface area contributed by atoms with E-state index in [2.05, 4.69) is 0 Å². The van der Waals surface area contributed by atoms with Crippen LogP contribution in [-0.2, 0) is 9.84 Å². The van der Waals surface area contributed by atoms with Crippen molar-refractivity contribution in [3.05, 3.63) is 29.8 Å². The van der Waals surface area contributed by atoms with Crippen molar-refractivity contribution < 1.29 is 8.42 Å². The largest absolute Gasteiger partial charge is 0.323 e. The normalized spacial score (nSPS) is 13.9. The van der Waals surface area contributed by atoms with E-state index in [4.69, 9.17) is 17.3 Å². The third-order valence-electron chi connectivity index (χ3n) is 1.90. The fraction of sp³-hybridized carbons (Fsp3) is 0.333. The SMILES string of the molecule is CS(=O)(=O)c1ccc(C(N)CCl)cc1. The molecule has 1 atom stereocenters. The Hall–Kier alpha value is -0.580. The minimum Gasteiger partial charge on any atom is -0.323 e. The molecule has 1 unspecified atom stereocenters. The molecule has 14 heavy (non-hydrogen) atoms. The molecule has 5 heteroatoms. The second kappa shape index (κ2) is 4.29. The van der Waals surface area contributed by atoms with Gasteiger partial charge in [0.1, 0.15) is 0 Å². The van der Waals surface area contributed by atoms with Crippen molar-refractivity contribution in [3.63, 3.8) is 0 Å². The van der Waals surface area contributed by atoms with Crippen molar-refractivity contribution in [2.24, 2.45) is 5.73 Å². The molecule has 0 bridgehead atoms. The third-order valence-corrected chi connectivity index (χ3v) is 3.36. The van der Waals surface area contributed by atoms with E-state index in [9.17, 15) is 8.42 Å². The van der Waals surface area contributed by atoms with E-state index in [1.807, 2.05) is 0 Å². The summed E-state index contributed by atoms with van der Waals surface area (Å²) in [6.45, 7) is 0. The monoisotopic (exact) mass is 233 g/mol. The molecule has 0 aliphatic heterocycles. The molecule has 1 aromatic rings. The molecule has 78 valence electrons. The lowest BCUT2D eigenvalue weighted by Gasteiger charge is -2.08. The van der Waals surface area contributed by atoms with Crippen LogP contribution in [0.4, 0.5) is 0 Å². The van der Waals surface area contributed by atoms with Gasteiger partial charge < -0.3 is 5.73 Å². The number of hydrogen-bond donors (Lipinski definition) is 1. The van der Waals surface area contributed by atoms with Crippen LogP contribution in [-0.4, -0.2) is 20.6 Å². The maximum atomic E-state index is 11.1. The number of rotatable bonds is 3. The predicted molar refractivity (Wildman–Crippen MR) is 57.2 cm³/mol. The number of sulfone groups is 1. The first-order valence-electron chi connectivity index (χ1n) is 4.06. The summed E-state index contributed by atoms with van der Waals surface area (Å²) in [6, 6.07) is 6.20. The zero-order valence-electron chi connectivity index (χ0n) is 7.77. The van der Waals surface area contributed by atoms with Gasteiger partial charge in [-0.15, -0.1) is 11.6 Å². The number of nitrogens with two attached hydrogens (primary N) is 1. The summed E-state index contributed by atoms with van der Waals surface area (Å²) >= 11 is 5.57. The summed E-state index contributed by atoms with van der Waals surface area (Å²) in [5.41, 5.74) is 6.51. The van der Waals surface area contributed by atoms with E-state index in [1.54, 1.807) is 12.1 Å². The van der Waals surface area contributed by atoms with Gasteiger partial charge in [-0.25, -0.2) is 8.42 Å². The van der Waals surface area contributed by atoms with E-state index in [0.29, 0.717) is 10.8 Å². The Labute approximate surface area is 88.8 Å². The lowest BCUT2D eigenvalue weighted by atomic mass is 10.1. The highest BCUT2D eigenvalue weighted by atomic mass is 35.5. The van der Waals surface area contributed by atoms with Crippen molar-refractivity contribution >= 4 is 21.4 Å². The summed E-state index contributed by atoms with van der Waals surface area (Å²) in [5.74, 6) is 0.318. The fourth-order valence-corrected chi connectivity index (χ4v) is 1.86. The summed E-state index contributed by atoms with van der Waals surface area (Å²) in [4.78, 5) is 0.294. The van der Waals surface area contributed by atoms with Gasteiger partial charge in [-0.1, -0.05) is 12.1 Å². The van der Waals surface area contributed by atoms with Gasteiger partial charge in [-0.05, 0) is 17.7 Å². The lowest BCUT2D eigenvalue weighted by molar-refractivity contribution is 0.602. The van der Waals surface area contributed by atoms with Crippen LogP contribution in [0.5, 0.6) is 0 Å². The summed E-state index contributed by atoms with van der Waals surface area (Å²) in [5, 5.41) is 0. The fourth-order valence-electron chi connectivity index (χ4n) is 1.05. The van der Waals surface area contributed by atoms with Crippen LogP contribution < -0.4 is 5.73 Å². The summed E-state index contributed by atoms with van der Waals surface area (Å²) in [6.07, 6.45) is 1.17. The first-order valence-corrected chi connectivity index (χ1v) is 6.49. The van der Waals surface area contributed by atoms with Gasteiger partial charge in [-0.3, -0.25) is 0 Å². The van der Waals surface area contributed by atoms with E-state index < -0.39 is 9.84 Å². The van der Waals surface area contributed by atoms with Crippen LogP contribution in [0.25, 0.3) is 0 Å². The molecule has 1 rings (SSSR count). The molecule has 0 saturated carbocycles. The molecule has 2 N–H and O–H groups in total. The summed E-state index contributed by atoms with van der Waals surface area (Å²) < 4.78 is 22.3. The first-order chi connectivity index (χ1) is 6.45. The van der Waals surface area contributed by atoms with Crippen LogP contribution in [0.3, 0.4) is 0 Å². The quantitative estimate of drug-likeness (QED) is 0.802. The third kappa shape index (κ3) is 2.70. The van der Waals surface area contributed by atoms with Gasteiger partial charge in [0.2, 0.25) is 0 Å². The van der Waals surface area contributed by atoms with E-state index >= 15 is 0 Å². The Balaban J connectivity index is 3.01. The molecule has 3 nitrogen and oxygen atoms in total. The molecule has 0 aliphatic carbocycles. The minimum atomic E-state index is -3.13. The molecule has 0 spiro atoms. The molecule has 0 amide bonds. The second-order valence-electron chi connectivity index (χ2n) is 3.10. The van der Waals surface area contributed by atoms with Crippen LogP contribution in [0.15, 0.2) is 29.2 Å². The Morgan fingerprint density at radius 2 is 1.86 bits per heavy atom. The van der Waals surface area contributed by atoms with Crippen LogP contribution in [0.2, 0.25) is 0 Å². The molecule has 0 aliphatic rings. The van der Waals surface area contributed by atoms with Crippen molar-refractivity contribution in [2.45, 2.75) is 10.9 Å². The van der Waals surface area contributed by atoms with Crippen LogP contribution in [0.1, 0.15) is 11.6 Å². The standard InChI is InChI=1S/C9H12ClNO2S/c1-14(12,13)8-4-2-7(3-5-8)9(11)6-10/h2-5,9H,6,11H2,1H3. The summed E-state index contributed by atoms with van der Waals surface area (Å²) in [7, 11) is -3.13. The van der Waals surface area contributed by atoms with Gasteiger partial charge in [0, 0.05) is 18.2 Å². The highest BCUT2D eigenvalue weighted by molar-refractivity contribution is 7.90. The Morgan fingerprint density at radius 1 is 1.36 bits per heavy atom. The van der Waals surface area contributed by atoms with Gasteiger partial charge in [0.15, 0.2) is 9.84 Å². The van der Waals surface area contributed by atoms with Gasteiger partial charge in [-0.2, -0.15) is 0 Å². The number of alkyl halides is 1. The average molecular weight is 234 g/mol. The molecule has 1 aromatic carbocycles. The van der Waals surface area contributed by atoms with Gasteiger partial charge >= 0.3 is 0 Å². The highest BCUT2D eigenvalue weighted by Crippen LogP contribution is 2.15. The zero-order chi connectivity index (χ0) is 10.8. The molecule has 0 radical (unpaired) electrons. The number of hydrogen-bond acceptors (Lipinski definition) is 3. The van der Waals surface area contributed by atoms with Crippen molar-refractivity contribution in [1.29, 1.82) is 0 Å². The minimum absolute atomic E-state index is 0.245. The van der Waals surface area contributed by atoms with Crippen molar-refractivity contribution in [1.82, 2.24) is 0 Å². The lowest BCUT2D eigenvalue weighted by Crippen LogP contribution is -2.11. The molecular formula is C9H12ClNO2S. The number of benzene rings is 1. The van der Waals surface area contributed by atoms with Gasteiger partial charge in [0.25, 0.3) is 0 Å². The van der Waals surface area contributed by atoms with Crippen molar-refractivity contribution in [3.8, 4) is 0 Å². The van der Waals surface area contributed by atoms with Crippen LogP contribution in [0, 0.1) is 0 Å². The second-order valence-corrected chi connectivity index (χ2v) is 5.43. The highest BCUT2D eigenvalue weighted by Gasteiger charge is 2.08. The van der Waals surface area contributed by atoms with Crippen LogP contribution >= 0.6 is 11.6 Å². The topological polar surface area (TPSA) is 60.2 Å². The average Bonchev–Trinajstić information content (AvgIpc) is 2.15. The zero-order valence-corrected chi connectivity index (χ0v) is 9.35.